The number of alkyl halides is 3. The van der Waals surface area contributed by atoms with E-state index in [4.69, 9.17) is 0 Å². The quantitative estimate of drug-likeness (QED) is 0.239. The van der Waals surface area contributed by atoms with Crippen molar-refractivity contribution in [1.82, 2.24) is 5.32 Å². The van der Waals surface area contributed by atoms with E-state index < -0.39 is 11.7 Å². The van der Waals surface area contributed by atoms with Gasteiger partial charge in [0, 0.05) is 6.54 Å². The van der Waals surface area contributed by atoms with Gasteiger partial charge in [-0.3, -0.25) is 0 Å². The molecule has 0 atom stereocenters. The average Bonchev–Trinajstić information content (AvgIpc) is 2.95. The van der Waals surface area contributed by atoms with Gasteiger partial charge in [0.15, 0.2) is 0 Å². The molecule has 4 aromatic rings. The first-order valence-electron chi connectivity index (χ1n) is 13.8. The second-order valence-electron chi connectivity index (χ2n) is 10.7. The van der Waals surface area contributed by atoms with Crippen LogP contribution in [-0.2, 0) is 32.0 Å². The maximum atomic E-state index is 12.9. The lowest BCUT2D eigenvalue weighted by Crippen LogP contribution is -2.17. The molecule has 0 bridgehead atoms. The number of allylic oxidation sites excluding steroid dienone is 4. The Labute approximate surface area is 228 Å². The summed E-state index contributed by atoms with van der Waals surface area (Å²) >= 11 is 0. The van der Waals surface area contributed by atoms with Gasteiger partial charge in [-0.05, 0) is 101 Å². The fourth-order valence-corrected chi connectivity index (χ4v) is 6.09. The summed E-state index contributed by atoms with van der Waals surface area (Å²) in [6.07, 6.45) is 6.41. The van der Waals surface area contributed by atoms with Crippen molar-refractivity contribution in [2.24, 2.45) is 0 Å². The predicted octanol–water partition coefficient (Wildman–Crippen LogP) is 8.83. The standard InChI is InChI=1S/C35H32F3N/c36-35(37,38)30-9-3-5-24(22-30)19-20-39-23-26-13-11-25(12-14-26)21-29-8-4-7-28-16-17-32-31-10-2-1-6-27(31)15-18-33(32)34(28)29/h2-5,7-14,16-17,22,39H,1,6,15,18-21,23H2. The van der Waals surface area contributed by atoms with Crippen LogP contribution >= 0.6 is 0 Å². The summed E-state index contributed by atoms with van der Waals surface area (Å²) in [5.41, 5.74) is 9.90. The first-order valence-corrected chi connectivity index (χ1v) is 13.8. The van der Waals surface area contributed by atoms with E-state index in [1.165, 1.54) is 62.7 Å². The van der Waals surface area contributed by atoms with Crippen LogP contribution in [0.3, 0.4) is 0 Å². The van der Waals surface area contributed by atoms with Crippen LogP contribution in [0.15, 0.2) is 96.6 Å². The number of benzene rings is 4. The smallest absolute Gasteiger partial charge is 0.312 e. The van der Waals surface area contributed by atoms with Crippen LogP contribution in [0.5, 0.6) is 0 Å². The van der Waals surface area contributed by atoms with E-state index >= 15 is 0 Å². The molecule has 198 valence electrons. The van der Waals surface area contributed by atoms with Crippen molar-refractivity contribution in [2.75, 3.05) is 6.54 Å². The van der Waals surface area contributed by atoms with Crippen LogP contribution in [0.1, 0.15) is 58.2 Å². The Balaban J connectivity index is 1.12. The van der Waals surface area contributed by atoms with Gasteiger partial charge in [0.1, 0.15) is 0 Å². The van der Waals surface area contributed by atoms with Gasteiger partial charge in [-0.2, -0.15) is 13.2 Å². The SMILES string of the molecule is FC(F)(F)c1cccc(CCNCc2ccc(Cc3cccc4ccc5c(c34)CCC3=C5C=CCC3)cc2)c1. The van der Waals surface area contributed by atoms with Gasteiger partial charge in [-0.1, -0.05) is 90.5 Å². The summed E-state index contributed by atoms with van der Waals surface area (Å²) in [7, 11) is 0. The Bertz CT molecular complexity index is 1560. The van der Waals surface area contributed by atoms with Crippen molar-refractivity contribution in [3.05, 3.63) is 136 Å². The highest BCUT2D eigenvalue weighted by Crippen LogP contribution is 2.41. The van der Waals surface area contributed by atoms with E-state index in [-0.39, 0.29) is 0 Å². The summed E-state index contributed by atoms with van der Waals surface area (Å²) in [6, 6.07) is 25.5. The highest BCUT2D eigenvalue weighted by atomic mass is 19.4. The molecule has 0 spiro atoms. The highest BCUT2D eigenvalue weighted by Gasteiger charge is 2.30. The largest absolute Gasteiger partial charge is 0.416 e. The van der Waals surface area contributed by atoms with E-state index in [0.29, 0.717) is 25.1 Å². The molecule has 0 amide bonds. The van der Waals surface area contributed by atoms with E-state index in [0.717, 1.165) is 31.7 Å². The van der Waals surface area contributed by atoms with Crippen LogP contribution in [-0.4, -0.2) is 6.54 Å². The third-order valence-electron chi connectivity index (χ3n) is 8.08. The van der Waals surface area contributed by atoms with Crippen molar-refractivity contribution in [3.63, 3.8) is 0 Å². The molecule has 0 saturated carbocycles. The predicted molar refractivity (Wildman–Crippen MR) is 154 cm³/mol. The Morgan fingerprint density at radius 3 is 2.44 bits per heavy atom. The first-order chi connectivity index (χ1) is 19.0. The molecule has 1 N–H and O–H groups in total. The average molecular weight is 524 g/mol. The molecule has 2 aliphatic rings. The van der Waals surface area contributed by atoms with Crippen molar-refractivity contribution in [1.29, 1.82) is 0 Å². The van der Waals surface area contributed by atoms with Gasteiger partial charge in [0.2, 0.25) is 0 Å². The number of halogens is 3. The highest BCUT2D eigenvalue weighted by molar-refractivity contribution is 5.96. The maximum absolute atomic E-state index is 12.9. The second-order valence-corrected chi connectivity index (χ2v) is 10.7. The van der Waals surface area contributed by atoms with Crippen LogP contribution in [0.2, 0.25) is 0 Å². The minimum Gasteiger partial charge on any atom is -0.312 e. The van der Waals surface area contributed by atoms with Crippen molar-refractivity contribution >= 4 is 16.3 Å². The van der Waals surface area contributed by atoms with Crippen LogP contribution in [0.25, 0.3) is 16.3 Å². The Kier molecular flexibility index (Phi) is 7.14. The van der Waals surface area contributed by atoms with Gasteiger partial charge >= 0.3 is 6.18 Å². The topological polar surface area (TPSA) is 12.0 Å². The van der Waals surface area contributed by atoms with E-state index in [1.807, 2.05) is 0 Å². The second kappa shape index (κ2) is 10.9. The third kappa shape index (κ3) is 5.58. The summed E-state index contributed by atoms with van der Waals surface area (Å²) in [5.74, 6) is 0. The molecule has 0 fully saturated rings. The molecule has 39 heavy (non-hydrogen) atoms. The molecule has 0 aliphatic heterocycles. The molecule has 0 heterocycles. The van der Waals surface area contributed by atoms with Gasteiger partial charge in [-0.15, -0.1) is 0 Å². The maximum Gasteiger partial charge on any atom is 0.416 e. The molecule has 0 saturated heterocycles. The lowest BCUT2D eigenvalue weighted by molar-refractivity contribution is -0.137. The molecule has 1 nitrogen and oxygen atoms in total. The normalized spacial score (nSPS) is 14.9. The van der Waals surface area contributed by atoms with Gasteiger partial charge in [0.25, 0.3) is 0 Å². The molecular weight excluding hydrogens is 491 g/mol. The fourth-order valence-electron chi connectivity index (χ4n) is 6.09. The number of fused-ring (bicyclic) bond motifs is 4. The molecule has 0 aromatic heterocycles. The Hall–Kier alpha value is -3.63. The minimum atomic E-state index is -4.30. The zero-order valence-electron chi connectivity index (χ0n) is 22.0. The van der Waals surface area contributed by atoms with E-state index in [2.05, 4.69) is 72.1 Å². The van der Waals surface area contributed by atoms with Crippen molar-refractivity contribution in [2.45, 2.75) is 51.2 Å². The Morgan fingerprint density at radius 1 is 0.769 bits per heavy atom. The lowest BCUT2D eigenvalue weighted by Gasteiger charge is -2.26. The zero-order valence-corrected chi connectivity index (χ0v) is 22.0. The molecule has 4 heteroatoms. The zero-order chi connectivity index (χ0) is 26.8. The van der Waals surface area contributed by atoms with Gasteiger partial charge in [-0.25, -0.2) is 0 Å². The molecule has 0 radical (unpaired) electrons. The van der Waals surface area contributed by atoms with Crippen molar-refractivity contribution < 1.29 is 13.2 Å². The van der Waals surface area contributed by atoms with Crippen LogP contribution in [0.4, 0.5) is 13.2 Å². The van der Waals surface area contributed by atoms with Gasteiger partial charge in [0.05, 0.1) is 5.56 Å². The summed E-state index contributed by atoms with van der Waals surface area (Å²) in [6.45, 7) is 1.31. The third-order valence-corrected chi connectivity index (χ3v) is 8.08. The van der Waals surface area contributed by atoms with E-state index in [1.54, 1.807) is 11.6 Å². The Morgan fingerprint density at radius 2 is 1.59 bits per heavy atom. The number of nitrogens with one attached hydrogen (secondary N) is 1. The number of hydrogen-bond acceptors (Lipinski definition) is 1. The molecule has 2 aliphatic carbocycles. The first kappa shape index (κ1) is 25.6. The van der Waals surface area contributed by atoms with Crippen LogP contribution < -0.4 is 5.32 Å². The van der Waals surface area contributed by atoms with Crippen LogP contribution in [0, 0.1) is 0 Å². The molecule has 4 aromatic carbocycles. The minimum absolute atomic E-state index is 0.557. The van der Waals surface area contributed by atoms with Crippen molar-refractivity contribution in [3.8, 4) is 0 Å². The summed E-state index contributed by atoms with van der Waals surface area (Å²) < 4.78 is 38.8. The molecule has 0 unspecified atom stereocenters. The number of hydrogen-bond donors (Lipinski definition) is 1. The summed E-state index contributed by atoms with van der Waals surface area (Å²) in [4.78, 5) is 0. The number of rotatable bonds is 7. The molecular formula is C35H32F3N. The van der Waals surface area contributed by atoms with E-state index in [9.17, 15) is 13.2 Å². The summed E-state index contributed by atoms with van der Waals surface area (Å²) in [5, 5.41) is 6.10. The fraction of sp³-hybridized carbons (Fsp3) is 0.257. The van der Waals surface area contributed by atoms with Gasteiger partial charge < -0.3 is 5.32 Å². The lowest BCUT2D eigenvalue weighted by atomic mass is 9.78. The molecule has 6 rings (SSSR count). The monoisotopic (exact) mass is 523 g/mol. The number of aryl methyl sites for hydroxylation is 1.